The summed E-state index contributed by atoms with van der Waals surface area (Å²) in [5, 5.41) is 1.19. The molecule has 0 bridgehead atoms. The minimum Gasteiger partial charge on any atom is -0.379 e. The van der Waals surface area contributed by atoms with Gasteiger partial charge in [-0.2, -0.15) is 0 Å². The zero-order chi connectivity index (χ0) is 12.4. The standard InChI is InChI=1S/C14H15BrN2O/c15-13-8-12-7-11(1-2-14(12)16-9-13)10-17-3-5-18-6-4-17/h1-2,7-9H,3-6,10H2. The fourth-order valence-corrected chi connectivity index (χ4v) is 2.62. The molecule has 94 valence electrons. The molecule has 4 heteroatoms. The SMILES string of the molecule is Brc1cnc2ccc(CN3CCOCC3)cc2c1. The Labute approximate surface area is 115 Å². The van der Waals surface area contributed by atoms with E-state index >= 15 is 0 Å². The topological polar surface area (TPSA) is 25.4 Å². The van der Waals surface area contributed by atoms with Gasteiger partial charge in [0.1, 0.15) is 0 Å². The van der Waals surface area contributed by atoms with E-state index in [1.807, 2.05) is 6.20 Å². The molecule has 0 amide bonds. The van der Waals surface area contributed by atoms with E-state index in [0.717, 1.165) is 42.8 Å². The van der Waals surface area contributed by atoms with Crippen molar-refractivity contribution in [3.8, 4) is 0 Å². The highest BCUT2D eigenvalue weighted by molar-refractivity contribution is 9.10. The third kappa shape index (κ3) is 2.71. The third-order valence-corrected chi connectivity index (χ3v) is 3.66. The Morgan fingerprint density at radius 3 is 2.89 bits per heavy atom. The lowest BCUT2D eigenvalue weighted by Gasteiger charge is -2.26. The summed E-state index contributed by atoms with van der Waals surface area (Å²) < 4.78 is 6.39. The quantitative estimate of drug-likeness (QED) is 0.853. The first-order valence-electron chi connectivity index (χ1n) is 6.15. The molecule has 3 rings (SSSR count). The Hall–Kier alpha value is -0.970. The largest absolute Gasteiger partial charge is 0.379 e. The van der Waals surface area contributed by atoms with Gasteiger partial charge < -0.3 is 4.74 Å². The molecule has 2 heterocycles. The van der Waals surface area contributed by atoms with E-state index < -0.39 is 0 Å². The number of hydrogen-bond acceptors (Lipinski definition) is 3. The number of benzene rings is 1. The van der Waals surface area contributed by atoms with Crippen molar-refractivity contribution in [2.45, 2.75) is 6.54 Å². The first-order chi connectivity index (χ1) is 8.81. The van der Waals surface area contributed by atoms with Crippen LogP contribution in [0.2, 0.25) is 0 Å². The van der Waals surface area contributed by atoms with E-state index in [9.17, 15) is 0 Å². The number of morpholine rings is 1. The number of rotatable bonds is 2. The molecule has 0 atom stereocenters. The number of halogens is 1. The van der Waals surface area contributed by atoms with Gasteiger partial charge in [0.15, 0.2) is 0 Å². The lowest BCUT2D eigenvalue weighted by atomic mass is 10.1. The molecule has 1 aromatic carbocycles. The van der Waals surface area contributed by atoms with Gasteiger partial charge in [-0.15, -0.1) is 0 Å². The second-order valence-corrected chi connectivity index (χ2v) is 5.48. The van der Waals surface area contributed by atoms with Crippen molar-refractivity contribution >= 4 is 26.8 Å². The van der Waals surface area contributed by atoms with Crippen molar-refractivity contribution in [2.24, 2.45) is 0 Å². The Morgan fingerprint density at radius 1 is 1.22 bits per heavy atom. The van der Waals surface area contributed by atoms with Gasteiger partial charge in [-0.25, -0.2) is 0 Å². The lowest BCUT2D eigenvalue weighted by Crippen LogP contribution is -2.35. The van der Waals surface area contributed by atoms with Crippen LogP contribution in [0.4, 0.5) is 0 Å². The van der Waals surface area contributed by atoms with E-state index in [2.05, 4.69) is 50.1 Å². The fraction of sp³-hybridized carbons (Fsp3) is 0.357. The monoisotopic (exact) mass is 306 g/mol. The van der Waals surface area contributed by atoms with Crippen LogP contribution in [0.1, 0.15) is 5.56 Å². The minimum absolute atomic E-state index is 0.848. The molecule has 2 aromatic rings. The van der Waals surface area contributed by atoms with Crippen LogP contribution < -0.4 is 0 Å². The van der Waals surface area contributed by atoms with Crippen molar-refractivity contribution in [1.82, 2.24) is 9.88 Å². The predicted molar refractivity (Wildman–Crippen MR) is 75.5 cm³/mol. The summed E-state index contributed by atoms with van der Waals surface area (Å²) >= 11 is 3.47. The van der Waals surface area contributed by atoms with E-state index in [4.69, 9.17) is 4.74 Å². The maximum Gasteiger partial charge on any atom is 0.0703 e. The van der Waals surface area contributed by atoms with Gasteiger partial charge in [0, 0.05) is 35.7 Å². The van der Waals surface area contributed by atoms with Crippen LogP contribution in [0.15, 0.2) is 34.9 Å². The fourth-order valence-electron chi connectivity index (χ4n) is 2.27. The smallest absolute Gasteiger partial charge is 0.0703 e. The molecule has 0 aliphatic carbocycles. The maximum absolute atomic E-state index is 5.37. The normalized spacial score (nSPS) is 17.2. The van der Waals surface area contributed by atoms with Gasteiger partial charge >= 0.3 is 0 Å². The number of fused-ring (bicyclic) bond motifs is 1. The first kappa shape index (κ1) is 12.1. The second kappa shape index (κ2) is 5.34. The van der Waals surface area contributed by atoms with Crippen LogP contribution in [-0.4, -0.2) is 36.2 Å². The molecule has 1 aliphatic heterocycles. The van der Waals surface area contributed by atoms with Gasteiger partial charge in [-0.05, 0) is 39.7 Å². The molecule has 1 aliphatic rings. The van der Waals surface area contributed by atoms with Crippen LogP contribution in [0.25, 0.3) is 10.9 Å². The van der Waals surface area contributed by atoms with E-state index in [1.54, 1.807) is 0 Å². The Morgan fingerprint density at radius 2 is 2.06 bits per heavy atom. The third-order valence-electron chi connectivity index (χ3n) is 3.22. The molecule has 1 saturated heterocycles. The summed E-state index contributed by atoms with van der Waals surface area (Å²) in [5.74, 6) is 0. The molecule has 1 aromatic heterocycles. The van der Waals surface area contributed by atoms with Crippen molar-refractivity contribution in [3.63, 3.8) is 0 Å². The van der Waals surface area contributed by atoms with E-state index in [-0.39, 0.29) is 0 Å². The molecule has 0 unspecified atom stereocenters. The highest BCUT2D eigenvalue weighted by Crippen LogP contribution is 2.19. The summed E-state index contributed by atoms with van der Waals surface area (Å²) in [7, 11) is 0. The van der Waals surface area contributed by atoms with Gasteiger partial charge in [0.25, 0.3) is 0 Å². The average Bonchev–Trinajstić information content (AvgIpc) is 2.39. The number of ether oxygens (including phenoxy) is 1. The highest BCUT2D eigenvalue weighted by Gasteiger charge is 2.10. The van der Waals surface area contributed by atoms with Crippen LogP contribution >= 0.6 is 15.9 Å². The zero-order valence-corrected chi connectivity index (χ0v) is 11.7. The first-order valence-corrected chi connectivity index (χ1v) is 6.95. The lowest BCUT2D eigenvalue weighted by molar-refractivity contribution is 0.0342. The van der Waals surface area contributed by atoms with Crippen LogP contribution in [0.3, 0.4) is 0 Å². The van der Waals surface area contributed by atoms with Gasteiger partial charge in [0.2, 0.25) is 0 Å². The molecular formula is C14H15BrN2O. The number of nitrogens with zero attached hydrogens (tertiary/aromatic N) is 2. The van der Waals surface area contributed by atoms with Crippen molar-refractivity contribution in [2.75, 3.05) is 26.3 Å². The van der Waals surface area contributed by atoms with Gasteiger partial charge in [-0.1, -0.05) is 6.07 Å². The van der Waals surface area contributed by atoms with Gasteiger partial charge in [-0.3, -0.25) is 9.88 Å². The summed E-state index contributed by atoms with van der Waals surface area (Å²) in [6.07, 6.45) is 1.84. The molecule has 0 spiro atoms. The van der Waals surface area contributed by atoms with Crippen LogP contribution in [0, 0.1) is 0 Å². The minimum atomic E-state index is 0.848. The molecular weight excluding hydrogens is 292 g/mol. The highest BCUT2D eigenvalue weighted by atomic mass is 79.9. The number of aromatic nitrogens is 1. The zero-order valence-electron chi connectivity index (χ0n) is 10.1. The Kier molecular flexibility index (Phi) is 3.59. The maximum atomic E-state index is 5.37. The summed E-state index contributed by atoms with van der Waals surface area (Å²) in [4.78, 5) is 6.81. The second-order valence-electron chi connectivity index (χ2n) is 4.57. The van der Waals surface area contributed by atoms with Crippen LogP contribution in [0.5, 0.6) is 0 Å². The van der Waals surface area contributed by atoms with Gasteiger partial charge in [0.05, 0.1) is 18.7 Å². The Balaban J connectivity index is 1.83. The molecule has 0 saturated carbocycles. The summed E-state index contributed by atoms with van der Waals surface area (Å²) in [6.45, 7) is 4.73. The van der Waals surface area contributed by atoms with Crippen molar-refractivity contribution in [1.29, 1.82) is 0 Å². The predicted octanol–water partition coefficient (Wildman–Crippen LogP) is 2.83. The molecule has 18 heavy (non-hydrogen) atoms. The molecule has 0 radical (unpaired) electrons. The summed E-state index contributed by atoms with van der Waals surface area (Å²) in [6, 6.07) is 8.60. The van der Waals surface area contributed by atoms with Crippen molar-refractivity contribution in [3.05, 3.63) is 40.5 Å². The average molecular weight is 307 g/mol. The van der Waals surface area contributed by atoms with Crippen molar-refractivity contribution < 1.29 is 4.74 Å². The Bertz CT molecular complexity index is 552. The summed E-state index contributed by atoms with van der Waals surface area (Å²) in [5.41, 5.74) is 2.38. The van der Waals surface area contributed by atoms with E-state index in [1.165, 1.54) is 10.9 Å². The molecule has 1 fully saturated rings. The van der Waals surface area contributed by atoms with Crippen LogP contribution in [-0.2, 0) is 11.3 Å². The van der Waals surface area contributed by atoms with E-state index in [0.29, 0.717) is 0 Å². The number of pyridine rings is 1. The number of hydrogen-bond donors (Lipinski definition) is 0. The molecule has 0 N–H and O–H groups in total. The molecule has 3 nitrogen and oxygen atoms in total.